The van der Waals surface area contributed by atoms with Gasteiger partial charge in [-0.15, -0.1) is 0 Å². The smallest absolute Gasteiger partial charge is 0.456 e. The molecule has 1 heterocycles. The molecule has 172 valence electrons. The number of esters is 1. The highest BCUT2D eigenvalue weighted by Crippen LogP contribution is 2.54. The quantitative estimate of drug-likeness (QED) is 0.601. The summed E-state index contributed by atoms with van der Waals surface area (Å²) in [4.78, 5) is 39.4. The van der Waals surface area contributed by atoms with Gasteiger partial charge in [-0.3, -0.25) is 14.4 Å². The van der Waals surface area contributed by atoms with Crippen LogP contribution in [0.2, 0.25) is 0 Å². The van der Waals surface area contributed by atoms with Crippen LogP contribution in [0.4, 0.5) is 13.2 Å². The van der Waals surface area contributed by atoms with Gasteiger partial charge < -0.3 is 14.6 Å². The molecule has 0 bridgehead atoms. The summed E-state index contributed by atoms with van der Waals surface area (Å²) in [6, 6.07) is 11.4. The Hall–Kier alpha value is -2.98. The van der Waals surface area contributed by atoms with E-state index in [0.29, 0.717) is 4.47 Å². The third-order valence-corrected chi connectivity index (χ3v) is 6.14. The van der Waals surface area contributed by atoms with Gasteiger partial charge in [-0.2, -0.15) is 13.2 Å². The number of fused-ring (bicyclic) bond motifs is 1. The van der Waals surface area contributed by atoms with Crippen molar-refractivity contribution in [2.75, 3.05) is 6.61 Å². The predicted molar refractivity (Wildman–Crippen MR) is 111 cm³/mol. The summed E-state index contributed by atoms with van der Waals surface area (Å²) in [5, 5.41) is 10.8. The van der Waals surface area contributed by atoms with Crippen LogP contribution in [-0.2, 0) is 14.3 Å². The number of alkyl halides is 3. The van der Waals surface area contributed by atoms with E-state index >= 15 is 0 Å². The number of Topliss-reactive ketones (excluding diaryl/α,β-unsaturated/α-hetero) is 2. The molecular formula is C23H16BrF3O6. The molecule has 4 rings (SSSR count). The van der Waals surface area contributed by atoms with Crippen LogP contribution in [0, 0.1) is 5.92 Å². The molecule has 2 aliphatic rings. The summed E-state index contributed by atoms with van der Waals surface area (Å²) in [6.07, 6.45) is -5.50. The fourth-order valence-electron chi connectivity index (χ4n) is 4.16. The monoisotopic (exact) mass is 524 g/mol. The first-order valence-corrected chi connectivity index (χ1v) is 10.6. The number of carbonyl (C=O) groups is 3. The molecule has 0 fully saturated rings. The second kappa shape index (κ2) is 8.11. The van der Waals surface area contributed by atoms with Crippen LogP contribution in [0.5, 0.6) is 0 Å². The van der Waals surface area contributed by atoms with Crippen molar-refractivity contribution >= 4 is 33.5 Å². The predicted octanol–water partition coefficient (Wildman–Crippen LogP) is 4.33. The summed E-state index contributed by atoms with van der Waals surface area (Å²) < 4.78 is 52.9. The Morgan fingerprint density at radius 1 is 1.09 bits per heavy atom. The second-order valence-electron chi connectivity index (χ2n) is 7.50. The van der Waals surface area contributed by atoms with E-state index in [2.05, 4.69) is 15.9 Å². The van der Waals surface area contributed by atoms with Gasteiger partial charge in [0.05, 0.1) is 12.2 Å². The molecule has 0 spiro atoms. The Kier molecular flexibility index (Phi) is 5.69. The Morgan fingerprint density at radius 2 is 1.67 bits per heavy atom. The first-order chi connectivity index (χ1) is 15.5. The molecule has 1 aliphatic heterocycles. The van der Waals surface area contributed by atoms with Crippen LogP contribution >= 0.6 is 15.9 Å². The summed E-state index contributed by atoms with van der Waals surface area (Å²) in [5.74, 6) is -12.3. The van der Waals surface area contributed by atoms with Crippen molar-refractivity contribution in [1.29, 1.82) is 0 Å². The van der Waals surface area contributed by atoms with Gasteiger partial charge in [-0.1, -0.05) is 52.3 Å². The minimum Gasteiger partial charge on any atom is -0.466 e. The summed E-state index contributed by atoms with van der Waals surface area (Å²) in [7, 11) is 0. The van der Waals surface area contributed by atoms with E-state index in [1.54, 1.807) is 0 Å². The zero-order valence-electron chi connectivity index (χ0n) is 17.0. The van der Waals surface area contributed by atoms with Crippen molar-refractivity contribution < 1.29 is 42.1 Å². The highest BCUT2D eigenvalue weighted by Gasteiger charge is 2.70. The standard InChI is InChI=1S/C23H16BrF3O6/c1-2-32-21(30)17-15(11-7-9-12(24)10-8-11)16-18(28)13-5-3-4-6-14(13)19(29)20(16)33-22(17,31)23(25,26)27/h3-10,15,17,31H,2H2,1H3/t15-,17-,22+/m0/s1. The number of ether oxygens (including phenoxy) is 2. The lowest BCUT2D eigenvalue weighted by Crippen LogP contribution is -2.61. The molecule has 33 heavy (non-hydrogen) atoms. The number of aliphatic hydroxyl groups is 1. The third kappa shape index (κ3) is 3.57. The first kappa shape index (κ1) is 23.2. The molecule has 1 N–H and O–H groups in total. The van der Waals surface area contributed by atoms with Crippen LogP contribution in [0.1, 0.15) is 39.1 Å². The van der Waals surface area contributed by atoms with Crippen molar-refractivity contribution in [3.05, 3.63) is 81.0 Å². The van der Waals surface area contributed by atoms with E-state index in [1.165, 1.54) is 55.5 Å². The lowest BCUT2D eigenvalue weighted by molar-refractivity contribution is -0.375. The van der Waals surface area contributed by atoms with E-state index in [9.17, 15) is 32.7 Å². The molecule has 0 unspecified atom stereocenters. The van der Waals surface area contributed by atoms with Crippen molar-refractivity contribution in [3.63, 3.8) is 0 Å². The molecule has 6 nitrogen and oxygen atoms in total. The maximum atomic E-state index is 14.2. The second-order valence-corrected chi connectivity index (χ2v) is 8.42. The Labute approximate surface area is 194 Å². The maximum absolute atomic E-state index is 14.2. The molecular weight excluding hydrogens is 509 g/mol. The van der Waals surface area contributed by atoms with Gasteiger partial charge >= 0.3 is 17.9 Å². The molecule has 0 radical (unpaired) electrons. The van der Waals surface area contributed by atoms with Crippen LogP contribution in [0.25, 0.3) is 0 Å². The molecule has 1 aliphatic carbocycles. The van der Waals surface area contributed by atoms with E-state index in [0.717, 1.165) is 0 Å². The molecule has 2 aromatic rings. The van der Waals surface area contributed by atoms with E-state index < -0.39 is 52.7 Å². The zero-order chi connectivity index (χ0) is 24.1. The van der Waals surface area contributed by atoms with Gasteiger partial charge in [0.2, 0.25) is 5.78 Å². The highest BCUT2D eigenvalue weighted by molar-refractivity contribution is 9.10. The van der Waals surface area contributed by atoms with Gasteiger partial charge in [-0.25, -0.2) is 0 Å². The van der Waals surface area contributed by atoms with Gasteiger partial charge in [0.15, 0.2) is 11.5 Å². The van der Waals surface area contributed by atoms with Crippen LogP contribution < -0.4 is 0 Å². The van der Waals surface area contributed by atoms with Gasteiger partial charge in [0.1, 0.15) is 5.92 Å². The molecule has 2 aromatic carbocycles. The average Bonchev–Trinajstić information content (AvgIpc) is 2.76. The molecule has 0 aromatic heterocycles. The number of ketones is 2. The summed E-state index contributed by atoms with van der Waals surface area (Å²) >= 11 is 3.23. The van der Waals surface area contributed by atoms with Crippen molar-refractivity contribution in [1.82, 2.24) is 0 Å². The lowest BCUT2D eigenvalue weighted by atomic mass is 9.69. The normalized spacial score (nSPS) is 24.7. The Morgan fingerprint density at radius 3 is 2.21 bits per heavy atom. The molecule has 0 saturated heterocycles. The molecule has 0 amide bonds. The maximum Gasteiger partial charge on any atom is 0.456 e. The van der Waals surface area contributed by atoms with Crippen LogP contribution in [0.3, 0.4) is 0 Å². The molecule has 3 atom stereocenters. The molecule has 10 heteroatoms. The van der Waals surface area contributed by atoms with Gasteiger partial charge in [0.25, 0.3) is 0 Å². The average molecular weight is 525 g/mol. The van der Waals surface area contributed by atoms with E-state index in [1.807, 2.05) is 0 Å². The number of carbonyl (C=O) groups excluding carboxylic acids is 3. The number of allylic oxidation sites excluding steroid dienone is 2. The largest absolute Gasteiger partial charge is 0.466 e. The van der Waals surface area contributed by atoms with Crippen LogP contribution in [-0.4, -0.2) is 41.2 Å². The number of halogens is 4. The minimum atomic E-state index is -5.50. The summed E-state index contributed by atoms with van der Waals surface area (Å²) in [6.45, 7) is 1.11. The highest BCUT2D eigenvalue weighted by atomic mass is 79.9. The number of benzene rings is 2. The zero-order valence-corrected chi connectivity index (χ0v) is 18.6. The fourth-order valence-corrected chi connectivity index (χ4v) is 4.42. The third-order valence-electron chi connectivity index (χ3n) is 5.61. The number of rotatable bonds is 3. The van der Waals surface area contributed by atoms with E-state index in [4.69, 9.17) is 9.47 Å². The van der Waals surface area contributed by atoms with Crippen LogP contribution in [0.15, 0.2) is 64.3 Å². The Balaban J connectivity index is 2.05. The fraction of sp³-hybridized carbons (Fsp3) is 0.261. The van der Waals surface area contributed by atoms with Gasteiger partial charge in [-0.05, 0) is 24.6 Å². The number of hydrogen-bond donors (Lipinski definition) is 1. The SMILES string of the molecule is CCOC(=O)[C@@H]1[C@@H](c2ccc(Br)cc2)C2=C(O[C@@]1(O)C(F)(F)F)C(=O)c1ccccc1C2=O. The molecule has 0 saturated carbocycles. The number of hydrogen-bond acceptors (Lipinski definition) is 6. The summed E-state index contributed by atoms with van der Waals surface area (Å²) in [5.41, 5.74) is -0.537. The first-order valence-electron chi connectivity index (χ1n) is 9.84. The minimum absolute atomic E-state index is 0.0352. The Bertz CT molecular complexity index is 1190. The van der Waals surface area contributed by atoms with Gasteiger partial charge in [0, 0.05) is 21.5 Å². The van der Waals surface area contributed by atoms with Crippen molar-refractivity contribution in [2.45, 2.75) is 24.8 Å². The lowest BCUT2D eigenvalue weighted by Gasteiger charge is -2.45. The van der Waals surface area contributed by atoms with Crippen molar-refractivity contribution in [2.24, 2.45) is 5.92 Å². The van der Waals surface area contributed by atoms with E-state index in [-0.39, 0.29) is 23.3 Å². The van der Waals surface area contributed by atoms with Crippen molar-refractivity contribution in [3.8, 4) is 0 Å². The topological polar surface area (TPSA) is 89.9 Å².